The summed E-state index contributed by atoms with van der Waals surface area (Å²) in [7, 11) is -3.52. The number of amides is 1. The largest absolute Gasteiger partial charge is 0.507 e. The third kappa shape index (κ3) is 3.81. The number of phenolic OH excluding ortho intramolecular Hbond substituents is 1. The first-order valence-electron chi connectivity index (χ1n) is 6.38. The second-order valence-corrected chi connectivity index (χ2v) is 7.25. The molecule has 126 valence electrons. The molecular weight excluding hydrogens is 360 g/mol. The van der Waals surface area contributed by atoms with Gasteiger partial charge < -0.3 is 10.4 Å². The fourth-order valence-electron chi connectivity index (χ4n) is 1.84. The predicted molar refractivity (Wildman–Crippen MR) is 87.3 cm³/mol. The Hall–Kier alpha value is -2.65. The number of nitrogens with zero attached hydrogens (tertiary/aromatic N) is 1. The van der Waals surface area contributed by atoms with Crippen molar-refractivity contribution in [1.29, 1.82) is 0 Å². The van der Waals surface area contributed by atoms with Gasteiger partial charge >= 0.3 is 0 Å². The van der Waals surface area contributed by atoms with Gasteiger partial charge in [-0.05, 0) is 24.3 Å². The number of sulfone groups is 1. The zero-order chi connectivity index (χ0) is 18.1. The van der Waals surface area contributed by atoms with Gasteiger partial charge in [0.15, 0.2) is 9.84 Å². The van der Waals surface area contributed by atoms with Gasteiger partial charge in [0.2, 0.25) is 0 Å². The summed E-state index contributed by atoms with van der Waals surface area (Å²) in [6.07, 6.45) is 0.970. The molecule has 2 N–H and O–H groups in total. The second kappa shape index (κ2) is 6.46. The lowest BCUT2D eigenvalue weighted by Crippen LogP contribution is -2.13. The third-order valence-electron chi connectivity index (χ3n) is 3.05. The van der Waals surface area contributed by atoms with Gasteiger partial charge in [0, 0.05) is 18.4 Å². The van der Waals surface area contributed by atoms with Gasteiger partial charge in [-0.15, -0.1) is 0 Å². The minimum absolute atomic E-state index is 0.0511. The number of carbonyl (C=O) groups excluding carboxylic acids is 1. The molecule has 0 radical (unpaired) electrons. The van der Waals surface area contributed by atoms with E-state index in [1.54, 1.807) is 0 Å². The van der Waals surface area contributed by atoms with Gasteiger partial charge in [0.25, 0.3) is 11.6 Å². The number of benzene rings is 2. The average molecular weight is 371 g/mol. The Labute approximate surface area is 141 Å². The second-order valence-electron chi connectivity index (χ2n) is 4.83. The number of anilines is 1. The number of rotatable bonds is 4. The maximum absolute atomic E-state index is 12.2. The van der Waals surface area contributed by atoms with Crippen molar-refractivity contribution in [2.24, 2.45) is 0 Å². The highest BCUT2D eigenvalue weighted by atomic mass is 35.5. The zero-order valence-corrected chi connectivity index (χ0v) is 13.8. The van der Waals surface area contributed by atoms with Crippen LogP contribution in [0, 0.1) is 10.1 Å². The van der Waals surface area contributed by atoms with Crippen LogP contribution < -0.4 is 5.32 Å². The first-order chi connectivity index (χ1) is 11.1. The van der Waals surface area contributed by atoms with E-state index in [0.717, 1.165) is 30.5 Å². The number of nitro benzene ring substituents is 1. The molecule has 0 fully saturated rings. The van der Waals surface area contributed by atoms with E-state index in [1.807, 2.05) is 0 Å². The average Bonchev–Trinajstić information content (AvgIpc) is 2.47. The van der Waals surface area contributed by atoms with Gasteiger partial charge in [-0.1, -0.05) is 11.6 Å². The van der Waals surface area contributed by atoms with E-state index < -0.39 is 26.4 Å². The van der Waals surface area contributed by atoms with Crippen LogP contribution in [0.2, 0.25) is 5.02 Å². The number of nitrogens with one attached hydrogen (secondary N) is 1. The summed E-state index contributed by atoms with van der Waals surface area (Å²) in [5.74, 6) is -1.27. The highest BCUT2D eigenvalue weighted by Gasteiger charge is 2.17. The lowest BCUT2D eigenvalue weighted by molar-refractivity contribution is -0.384. The van der Waals surface area contributed by atoms with Crippen LogP contribution in [0.1, 0.15) is 10.4 Å². The Kier molecular flexibility index (Phi) is 4.76. The molecule has 0 aliphatic carbocycles. The molecule has 2 aromatic carbocycles. The summed E-state index contributed by atoms with van der Waals surface area (Å²) in [6.45, 7) is 0. The molecule has 0 heterocycles. The van der Waals surface area contributed by atoms with Crippen molar-refractivity contribution >= 4 is 38.7 Å². The van der Waals surface area contributed by atoms with Crippen LogP contribution in [0.3, 0.4) is 0 Å². The number of aromatic hydroxyl groups is 1. The van der Waals surface area contributed by atoms with Gasteiger partial charge in [-0.2, -0.15) is 0 Å². The number of phenols is 1. The van der Waals surface area contributed by atoms with Crippen molar-refractivity contribution in [3.05, 3.63) is 57.1 Å². The smallest absolute Gasteiger partial charge is 0.271 e. The Balaban J connectivity index is 2.29. The lowest BCUT2D eigenvalue weighted by atomic mass is 10.2. The Morgan fingerprint density at radius 3 is 2.42 bits per heavy atom. The molecule has 2 rings (SSSR count). The Bertz CT molecular complexity index is 942. The van der Waals surface area contributed by atoms with Crippen molar-refractivity contribution in [2.45, 2.75) is 4.90 Å². The van der Waals surface area contributed by atoms with E-state index in [0.29, 0.717) is 0 Å². The van der Waals surface area contributed by atoms with E-state index in [1.165, 1.54) is 12.1 Å². The van der Waals surface area contributed by atoms with Gasteiger partial charge in [0.1, 0.15) is 5.75 Å². The molecule has 0 aliphatic heterocycles. The summed E-state index contributed by atoms with van der Waals surface area (Å²) < 4.78 is 22.8. The monoisotopic (exact) mass is 370 g/mol. The maximum atomic E-state index is 12.2. The molecule has 2 aromatic rings. The standard InChI is InChI=1S/C14H11ClN2O6S/c1-24(22,23)9-3-4-10(13(18)7-9)14(19)16-12-5-2-8(17(20)21)6-11(12)15/h2-7,18H,1H3,(H,16,19). The van der Waals surface area contributed by atoms with E-state index in [4.69, 9.17) is 11.6 Å². The van der Waals surface area contributed by atoms with E-state index in [-0.39, 0.29) is 26.9 Å². The Morgan fingerprint density at radius 2 is 1.92 bits per heavy atom. The molecule has 0 bridgehead atoms. The molecule has 10 heteroatoms. The highest BCUT2D eigenvalue weighted by Crippen LogP contribution is 2.28. The molecule has 0 unspecified atom stereocenters. The van der Waals surface area contributed by atoms with Crippen molar-refractivity contribution < 1.29 is 23.2 Å². The predicted octanol–water partition coefficient (Wildman–Crippen LogP) is 2.61. The number of nitro groups is 1. The van der Waals surface area contributed by atoms with Crippen LogP contribution >= 0.6 is 11.6 Å². The van der Waals surface area contributed by atoms with Crippen LogP contribution in [0.5, 0.6) is 5.75 Å². The minimum Gasteiger partial charge on any atom is -0.507 e. The molecule has 0 saturated carbocycles. The first kappa shape index (κ1) is 17.7. The molecule has 0 spiro atoms. The normalized spacial score (nSPS) is 11.1. The zero-order valence-electron chi connectivity index (χ0n) is 12.2. The van der Waals surface area contributed by atoms with Gasteiger partial charge in [0.05, 0.1) is 26.1 Å². The third-order valence-corrected chi connectivity index (χ3v) is 4.48. The van der Waals surface area contributed by atoms with E-state index >= 15 is 0 Å². The number of hydrogen-bond acceptors (Lipinski definition) is 6. The summed E-state index contributed by atoms with van der Waals surface area (Å²) in [5, 5.41) is 22.8. The van der Waals surface area contributed by atoms with Crippen molar-refractivity contribution in [3.8, 4) is 5.75 Å². The van der Waals surface area contributed by atoms with Crippen molar-refractivity contribution in [2.75, 3.05) is 11.6 Å². The fraction of sp³-hybridized carbons (Fsp3) is 0.0714. The fourth-order valence-corrected chi connectivity index (χ4v) is 2.71. The number of halogens is 1. The highest BCUT2D eigenvalue weighted by molar-refractivity contribution is 7.90. The number of non-ortho nitro benzene ring substituents is 1. The number of hydrogen-bond donors (Lipinski definition) is 2. The molecule has 0 saturated heterocycles. The molecule has 0 aromatic heterocycles. The molecule has 24 heavy (non-hydrogen) atoms. The SMILES string of the molecule is CS(=O)(=O)c1ccc(C(=O)Nc2ccc([N+](=O)[O-])cc2Cl)c(O)c1. The molecule has 0 aliphatic rings. The first-order valence-corrected chi connectivity index (χ1v) is 8.65. The summed E-state index contributed by atoms with van der Waals surface area (Å²) in [6, 6.07) is 6.78. The summed E-state index contributed by atoms with van der Waals surface area (Å²) >= 11 is 5.87. The topological polar surface area (TPSA) is 127 Å². The summed E-state index contributed by atoms with van der Waals surface area (Å²) in [5.41, 5.74) is -0.297. The lowest BCUT2D eigenvalue weighted by Gasteiger charge is -2.09. The van der Waals surface area contributed by atoms with Crippen LogP contribution in [0.25, 0.3) is 0 Å². The Morgan fingerprint density at radius 1 is 1.25 bits per heavy atom. The van der Waals surface area contributed by atoms with Crippen LogP contribution in [0.4, 0.5) is 11.4 Å². The summed E-state index contributed by atoms with van der Waals surface area (Å²) in [4.78, 5) is 22.0. The number of carbonyl (C=O) groups is 1. The van der Waals surface area contributed by atoms with E-state index in [2.05, 4.69) is 5.32 Å². The van der Waals surface area contributed by atoms with Crippen LogP contribution in [-0.4, -0.2) is 30.6 Å². The molecule has 8 nitrogen and oxygen atoms in total. The molecule has 1 amide bonds. The van der Waals surface area contributed by atoms with Crippen LogP contribution in [-0.2, 0) is 9.84 Å². The van der Waals surface area contributed by atoms with Crippen molar-refractivity contribution in [1.82, 2.24) is 0 Å². The van der Waals surface area contributed by atoms with Crippen LogP contribution in [0.15, 0.2) is 41.3 Å². The van der Waals surface area contributed by atoms with E-state index in [9.17, 15) is 28.4 Å². The van der Waals surface area contributed by atoms with Crippen molar-refractivity contribution in [3.63, 3.8) is 0 Å². The van der Waals surface area contributed by atoms with Gasteiger partial charge in [-0.25, -0.2) is 8.42 Å². The van der Waals surface area contributed by atoms with Gasteiger partial charge in [-0.3, -0.25) is 14.9 Å². The quantitative estimate of drug-likeness (QED) is 0.629. The minimum atomic E-state index is -3.52. The molecular formula is C14H11ClN2O6S. The maximum Gasteiger partial charge on any atom is 0.271 e. The molecule has 0 atom stereocenters.